The largest absolute Gasteiger partial charge is 0.486 e. The van der Waals surface area contributed by atoms with E-state index in [0.29, 0.717) is 35.5 Å². The van der Waals surface area contributed by atoms with E-state index in [4.69, 9.17) is 9.47 Å². The van der Waals surface area contributed by atoms with Crippen molar-refractivity contribution in [3.05, 3.63) is 18.2 Å². The van der Waals surface area contributed by atoms with E-state index in [0.717, 1.165) is 24.5 Å². The average molecular weight is 363 g/mol. The van der Waals surface area contributed by atoms with E-state index < -0.39 is 0 Å². The van der Waals surface area contributed by atoms with Crippen molar-refractivity contribution < 1.29 is 14.3 Å². The molecular weight excluding hydrogens is 342 g/mol. The van der Waals surface area contributed by atoms with Gasteiger partial charge in [0.25, 0.3) is 0 Å². The number of carbonyl (C=O) groups is 1. The third-order valence-corrected chi connectivity index (χ3v) is 4.56. The molecule has 2 amide bonds. The summed E-state index contributed by atoms with van der Waals surface area (Å²) in [6.45, 7) is 4.09. The van der Waals surface area contributed by atoms with Gasteiger partial charge in [0, 0.05) is 25.3 Å². The topological polar surface area (TPSA) is 88.6 Å². The molecule has 25 heavy (non-hydrogen) atoms. The van der Waals surface area contributed by atoms with Crippen LogP contribution in [-0.2, 0) is 0 Å². The highest BCUT2D eigenvalue weighted by atomic mass is 32.1. The fraction of sp³-hybridized carbons (Fsp3) is 0.438. The lowest BCUT2D eigenvalue weighted by molar-refractivity contribution is 0.171. The van der Waals surface area contributed by atoms with Crippen molar-refractivity contribution in [1.82, 2.24) is 10.2 Å². The summed E-state index contributed by atoms with van der Waals surface area (Å²) in [5, 5.41) is 14.8. The maximum Gasteiger partial charge on any atom is 0.325 e. The van der Waals surface area contributed by atoms with Crippen molar-refractivity contribution in [2.24, 2.45) is 0 Å². The average Bonchev–Trinajstić information content (AvgIpc) is 3.08. The molecule has 3 rings (SSSR count). The number of hydrogen-bond acceptors (Lipinski definition) is 7. The van der Waals surface area contributed by atoms with Gasteiger partial charge in [-0.05, 0) is 18.6 Å². The molecule has 0 fully saturated rings. The Morgan fingerprint density at radius 1 is 1.24 bits per heavy atom. The van der Waals surface area contributed by atoms with Gasteiger partial charge in [-0.1, -0.05) is 24.7 Å². The Kier molecular flexibility index (Phi) is 5.54. The Labute approximate surface area is 150 Å². The van der Waals surface area contributed by atoms with Crippen molar-refractivity contribution >= 4 is 33.3 Å². The standard InChI is InChI=1S/C16H21N5O3S/c1-3-4-7-21(2)16-20-19-15(25-16)18-14(22)17-11-5-6-12-13(10-11)24-9-8-23-12/h5-6,10H,3-4,7-9H2,1-2H3,(H2,17,18,19,22). The minimum absolute atomic E-state index is 0.379. The van der Waals surface area contributed by atoms with E-state index in [1.807, 2.05) is 11.9 Å². The number of rotatable bonds is 6. The van der Waals surface area contributed by atoms with Crippen LogP contribution < -0.4 is 25.0 Å². The Balaban J connectivity index is 1.57. The van der Waals surface area contributed by atoms with E-state index in [1.165, 1.54) is 11.3 Å². The lowest BCUT2D eigenvalue weighted by Crippen LogP contribution is -2.20. The van der Waals surface area contributed by atoms with Crippen LogP contribution in [0, 0.1) is 0 Å². The molecule has 1 aliphatic rings. The Hall–Kier alpha value is -2.55. The first-order chi connectivity index (χ1) is 12.2. The van der Waals surface area contributed by atoms with Crippen LogP contribution in [0.15, 0.2) is 18.2 Å². The maximum absolute atomic E-state index is 12.1. The summed E-state index contributed by atoms with van der Waals surface area (Å²) >= 11 is 1.34. The van der Waals surface area contributed by atoms with Gasteiger partial charge in [0.15, 0.2) is 11.5 Å². The summed E-state index contributed by atoms with van der Waals surface area (Å²) in [6, 6.07) is 4.89. The molecule has 0 saturated carbocycles. The summed E-state index contributed by atoms with van der Waals surface area (Å²) in [7, 11) is 1.97. The van der Waals surface area contributed by atoms with Crippen LogP contribution in [0.5, 0.6) is 11.5 Å². The van der Waals surface area contributed by atoms with Gasteiger partial charge in [0.2, 0.25) is 10.3 Å². The van der Waals surface area contributed by atoms with Crippen molar-refractivity contribution in [3.8, 4) is 11.5 Å². The quantitative estimate of drug-likeness (QED) is 0.819. The van der Waals surface area contributed by atoms with Gasteiger partial charge in [-0.15, -0.1) is 10.2 Å². The second-order valence-corrected chi connectivity index (χ2v) is 6.56. The van der Waals surface area contributed by atoms with Crippen molar-refractivity contribution in [2.45, 2.75) is 19.8 Å². The monoisotopic (exact) mass is 363 g/mol. The third-order valence-electron chi connectivity index (χ3n) is 3.61. The molecule has 0 radical (unpaired) electrons. The normalized spacial score (nSPS) is 12.6. The molecule has 0 bridgehead atoms. The lowest BCUT2D eigenvalue weighted by atomic mass is 10.2. The zero-order valence-corrected chi connectivity index (χ0v) is 15.1. The fourth-order valence-electron chi connectivity index (χ4n) is 2.29. The first kappa shape index (κ1) is 17.3. The molecule has 1 aromatic carbocycles. The number of fused-ring (bicyclic) bond motifs is 1. The maximum atomic E-state index is 12.1. The van der Waals surface area contributed by atoms with E-state index in [9.17, 15) is 4.79 Å². The molecule has 0 aliphatic carbocycles. The molecule has 9 heteroatoms. The van der Waals surface area contributed by atoms with E-state index >= 15 is 0 Å². The Morgan fingerprint density at radius 3 is 2.84 bits per heavy atom. The predicted octanol–water partition coefficient (Wildman–Crippen LogP) is 3.19. The van der Waals surface area contributed by atoms with Gasteiger partial charge in [-0.3, -0.25) is 5.32 Å². The van der Waals surface area contributed by atoms with Crippen molar-refractivity contribution in [1.29, 1.82) is 0 Å². The lowest BCUT2D eigenvalue weighted by Gasteiger charge is -2.18. The minimum atomic E-state index is -0.379. The number of amides is 2. The zero-order valence-electron chi connectivity index (χ0n) is 14.2. The Bertz CT molecular complexity index is 736. The molecule has 2 N–H and O–H groups in total. The first-order valence-electron chi connectivity index (χ1n) is 8.18. The van der Waals surface area contributed by atoms with Crippen LogP contribution >= 0.6 is 11.3 Å². The van der Waals surface area contributed by atoms with Gasteiger partial charge >= 0.3 is 6.03 Å². The van der Waals surface area contributed by atoms with Gasteiger partial charge in [-0.25, -0.2) is 4.79 Å². The summed E-state index contributed by atoms with van der Waals surface area (Å²) in [5.41, 5.74) is 0.617. The number of nitrogens with zero attached hydrogens (tertiary/aromatic N) is 3. The molecule has 8 nitrogen and oxygen atoms in total. The highest BCUT2D eigenvalue weighted by Crippen LogP contribution is 2.32. The molecule has 0 saturated heterocycles. The van der Waals surface area contributed by atoms with Gasteiger partial charge in [-0.2, -0.15) is 0 Å². The number of benzene rings is 1. The SMILES string of the molecule is CCCCN(C)c1nnc(NC(=O)Nc2ccc3c(c2)OCCO3)s1. The number of carbonyl (C=O) groups excluding carboxylic acids is 1. The number of nitrogens with one attached hydrogen (secondary N) is 2. The number of ether oxygens (including phenoxy) is 2. The van der Waals surface area contributed by atoms with E-state index in [2.05, 4.69) is 27.8 Å². The Morgan fingerprint density at radius 2 is 2.04 bits per heavy atom. The third kappa shape index (κ3) is 4.50. The van der Waals surface area contributed by atoms with Crippen LogP contribution in [-0.4, -0.2) is 43.0 Å². The minimum Gasteiger partial charge on any atom is -0.486 e. The molecule has 0 atom stereocenters. The van der Waals surface area contributed by atoms with Gasteiger partial charge < -0.3 is 19.7 Å². The predicted molar refractivity (Wildman–Crippen MR) is 98.2 cm³/mol. The van der Waals surface area contributed by atoms with Gasteiger partial charge in [0.1, 0.15) is 13.2 Å². The van der Waals surface area contributed by atoms with Crippen LogP contribution in [0.3, 0.4) is 0 Å². The summed E-state index contributed by atoms with van der Waals surface area (Å²) in [4.78, 5) is 14.2. The zero-order chi connectivity index (χ0) is 17.6. The molecule has 1 aliphatic heterocycles. The molecular formula is C16H21N5O3S. The van der Waals surface area contributed by atoms with E-state index in [1.54, 1.807) is 18.2 Å². The summed E-state index contributed by atoms with van der Waals surface area (Å²) < 4.78 is 11.0. The highest BCUT2D eigenvalue weighted by molar-refractivity contribution is 7.19. The molecule has 2 aromatic rings. The first-order valence-corrected chi connectivity index (χ1v) is 8.99. The highest BCUT2D eigenvalue weighted by Gasteiger charge is 2.14. The summed E-state index contributed by atoms with van der Waals surface area (Å²) in [6.07, 6.45) is 2.20. The summed E-state index contributed by atoms with van der Waals surface area (Å²) in [5.74, 6) is 1.31. The second-order valence-electron chi connectivity index (χ2n) is 5.60. The number of urea groups is 1. The molecule has 1 aromatic heterocycles. The van der Waals surface area contributed by atoms with E-state index in [-0.39, 0.29) is 6.03 Å². The molecule has 134 valence electrons. The molecule has 2 heterocycles. The molecule has 0 unspecified atom stereocenters. The number of hydrogen-bond donors (Lipinski definition) is 2. The van der Waals surface area contributed by atoms with Crippen molar-refractivity contribution in [3.63, 3.8) is 0 Å². The van der Waals surface area contributed by atoms with Crippen LogP contribution in [0.25, 0.3) is 0 Å². The van der Waals surface area contributed by atoms with Gasteiger partial charge in [0.05, 0.1) is 0 Å². The fourth-order valence-corrected chi connectivity index (χ4v) is 3.02. The second kappa shape index (κ2) is 8.02. The van der Waals surface area contributed by atoms with Crippen LogP contribution in [0.4, 0.5) is 20.7 Å². The van der Waals surface area contributed by atoms with Crippen LogP contribution in [0.1, 0.15) is 19.8 Å². The van der Waals surface area contributed by atoms with Crippen molar-refractivity contribution in [2.75, 3.05) is 42.3 Å². The number of aromatic nitrogens is 2. The number of anilines is 3. The number of unbranched alkanes of at least 4 members (excludes halogenated alkanes) is 1. The molecule has 0 spiro atoms. The van der Waals surface area contributed by atoms with Crippen LogP contribution in [0.2, 0.25) is 0 Å². The smallest absolute Gasteiger partial charge is 0.325 e.